The average Bonchev–Trinajstić information content (AvgIpc) is 2.90. The van der Waals surface area contributed by atoms with E-state index in [-0.39, 0.29) is 34.8 Å². The van der Waals surface area contributed by atoms with E-state index in [1.807, 2.05) is 91.0 Å². The Bertz CT molecular complexity index is 1090. The number of fused-ring (bicyclic) bond motifs is 3. The van der Waals surface area contributed by atoms with E-state index in [0.717, 1.165) is 53.8 Å². The number of nitrogens with zero attached hydrogens (tertiary/aromatic N) is 1. The topological polar surface area (TPSA) is 55.4 Å². The van der Waals surface area contributed by atoms with Crippen LogP contribution in [0.3, 0.4) is 0 Å². The first-order valence-electron chi connectivity index (χ1n) is 12.6. The molecule has 36 heavy (non-hydrogen) atoms. The van der Waals surface area contributed by atoms with Gasteiger partial charge in [-0.25, -0.2) is 4.79 Å². The highest BCUT2D eigenvalue weighted by Crippen LogP contribution is 2.36. The molecule has 3 aromatic carbocycles. The average molecular weight is 550 g/mol. The Hall–Kier alpha value is -2.96. The third-order valence-electron chi connectivity index (χ3n) is 7.57. The van der Waals surface area contributed by atoms with Gasteiger partial charge in [0.1, 0.15) is 19.1 Å². The number of anilines is 1. The number of Topliss-reactive ketones (excluding diaryl/α,β-unsaturated/α-hetero) is 1. The zero-order valence-electron chi connectivity index (χ0n) is 20.4. The van der Waals surface area contributed by atoms with Crippen LogP contribution in [-0.4, -0.2) is 54.6 Å². The lowest BCUT2D eigenvalue weighted by Crippen LogP contribution is -3.00. The second kappa shape index (κ2) is 11.8. The quantitative estimate of drug-likeness (QED) is 0.251. The molecule has 2 atom stereocenters. The van der Waals surface area contributed by atoms with Crippen molar-refractivity contribution in [1.29, 1.82) is 0 Å². The van der Waals surface area contributed by atoms with E-state index in [1.54, 1.807) is 0 Å². The highest BCUT2D eigenvalue weighted by molar-refractivity contribution is 5.97. The van der Waals surface area contributed by atoms with Gasteiger partial charge in [-0.2, -0.15) is 0 Å². The summed E-state index contributed by atoms with van der Waals surface area (Å²) in [6, 6.07) is 28.9. The van der Waals surface area contributed by atoms with E-state index in [1.165, 1.54) is 0 Å². The number of carbonyl (C=O) groups excluding carboxylic acids is 2. The number of quaternary nitrogens is 1. The van der Waals surface area contributed by atoms with Gasteiger partial charge in [-0.15, -0.1) is 0 Å². The first-order valence-corrected chi connectivity index (χ1v) is 12.6. The summed E-state index contributed by atoms with van der Waals surface area (Å²) in [7, 11) is 0. The Morgan fingerprint density at radius 3 is 2.08 bits per heavy atom. The van der Waals surface area contributed by atoms with Crippen molar-refractivity contribution in [3.8, 4) is 0 Å². The maximum Gasteiger partial charge on any atom is 0.329 e. The van der Waals surface area contributed by atoms with Gasteiger partial charge >= 0.3 is 5.97 Å². The second-order valence-corrected chi connectivity index (χ2v) is 9.98. The molecule has 1 N–H and O–H groups in total. The smallest absolute Gasteiger partial charge is 0.329 e. The maximum absolute atomic E-state index is 13.5. The molecule has 0 aliphatic carbocycles. The van der Waals surface area contributed by atoms with Crippen molar-refractivity contribution in [2.24, 2.45) is 5.92 Å². The third kappa shape index (κ3) is 6.23. The van der Waals surface area contributed by atoms with Crippen molar-refractivity contribution in [1.82, 2.24) is 0 Å². The lowest BCUT2D eigenvalue weighted by Gasteiger charge is -2.51. The largest absolute Gasteiger partial charge is 1.00 e. The molecule has 0 amide bonds. The first-order chi connectivity index (χ1) is 17.1. The summed E-state index contributed by atoms with van der Waals surface area (Å²) in [5.41, 5.74) is 2.75. The third-order valence-corrected chi connectivity index (χ3v) is 7.57. The first kappa shape index (κ1) is 26.1. The monoisotopic (exact) mass is 548 g/mol. The molecule has 188 valence electrons. The van der Waals surface area contributed by atoms with Gasteiger partial charge in [0.2, 0.25) is 5.78 Å². The number of benzene rings is 3. The summed E-state index contributed by atoms with van der Waals surface area (Å²) in [6.07, 6.45) is 2.40. The zero-order chi connectivity index (χ0) is 24.1. The normalized spacial score (nSPS) is 23.2. The maximum atomic E-state index is 13.5. The van der Waals surface area contributed by atoms with Gasteiger partial charge < -0.3 is 31.5 Å². The van der Waals surface area contributed by atoms with Gasteiger partial charge in [0.15, 0.2) is 6.10 Å². The molecule has 2 bridgehead atoms. The fourth-order valence-electron chi connectivity index (χ4n) is 5.61. The van der Waals surface area contributed by atoms with Crippen LogP contribution in [0.5, 0.6) is 0 Å². The number of hydrogen-bond donors (Lipinski definition) is 1. The Labute approximate surface area is 223 Å². The van der Waals surface area contributed by atoms with Crippen LogP contribution in [0.15, 0.2) is 91.0 Å². The van der Waals surface area contributed by atoms with Gasteiger partial charge in [0.05, 0.1) is 13.1 Å². The van der Waals surface area contributed by atoms with Gasteiger partial charge in [-0.05, 0) is 17.7 Å². The van der Waals surface area contributed by atoms with E-state index in [9.17, 15) is 9.59 Å². The number of para-hydroxylation sites is 1. The molecule has 0 unspecified atom stereocenters. The van der Waals surface area contributed by atoms with E-state index in [0.29, 0.717) is 18.9 Å². The summed E-state index contributed by atoms with van der Waals surface area (Å²) < 4.78 is 6.94. The van der Waals surface area contributed by atoms with Crippen molar-refractivity contribution in [2.75, 3.05) is 31.5 Å². The van der Waals surface area contributed by atoms with Gasteiger partial charge in [0.25, 0.3) is 0 Å². The lowest BCUT2D eigenvalue weighted by molar-refractivity contribution is -0.938. The van der Waals surface area contributed by atoms with E-state index in [4.69, 9.17) is 4.74 Å². The molecule has 0 radical (unpaired) electrons. The molecule has 6 rings (SSSR count). The van der Waals surface area contributed by atoms with Gasteiger partial charge in [-0.1, -0.05) is 78.9 Å². The SMILES string of the molecule is O=C(C[N+]12CCC(CC1)[C@@H](OC(=O)[C@@H](Cc1ccccc1)Nc1ccccc1)C2)c1ccccc1.[Br-]. The molecular weight excluding hydrogens is 516 g/mol. The van der Waals surface area contributed by atoms with Crippen LogP contribution in [-0.2, 0) is 16.0 Å². The molecule has 3 heterocycles. The Morgan fingerprint density at radius 1 is 0.861 bits per heavy atom. The molecule has 3 saturated heterocycles. The van der Waals surface area contributed by atoms with Crippen LogP contribution in [0.4, 0.5) is 5.69 Å². The number of ether oxygens (including phenoxy) is 1. The second-order valence-electron chi connectivity index (χ2n) is 9.98. The van der Waals surface area contributed by atoms with E-state index < -0.39 is 6.04 Å². The Balaban J connectivity index is 0.00000304. The standard InChI is InChI=1S/C30H33N2O3.BrH/c33-28(24-12-6-2-7-13-24)21-32-18-16-25(17-19-32)29(22-32)35-30(34)27(20-23-10-4-1-5-11-23)31-26-14-8-3-9-15-26;/h1-15,25,27,29,31H,16-22H2;1H/q+1;/p-1/t25?,27-,29+,32?;/m1./s1. The van der Waals surface area contributed by atoms with Crippen molar-refractivity contribution in [2.45, 2.75) is 31.4 Å². The molecule has 3 aliphatic rings. The fourth-order valence-corrected chi connectivity index (χ4v) is 5.61. The van der Waals surface area contributed by atoms with Crippen molar-refractivity contribution in [3.63, 3.8) is 0 Å². The molecule has 3 aliphatic heterocycles. The molecule has 3 aromatic rings. The molecule has 6 heteroatoms. The van der Waals surface area contributed by atoms with Crippen LogP contribution < -0.4 is 22.3 Å². The highest BCUT2D eigenvalue weighted by Gasteiger charge is 2.48. The van der Waals surface area contributed by atoms with Crippen molar-refractivity contribution < 1.29 is 35.8 Å². The number of nitrogens with one attached hydrogen (secondary N) is 1. The summed E-state index contributed by atoms with van der Waals surface area (Å²) in [5, 5.41) is 3.39. The summed E-state index contributed by atoms with van der Waals surface area (Å²) in [4.78, 5) is 26.5. The predicted octanol–water partition coefficient (Wildman–Crippen LogP) is 1.75. The minimum atomic E-state index is -0.477. The summed E-state index contributed by atoms with van der Waals surface area (Å²) in [5.74, 6) is 0.326. The highest BCUT2D eigenvalue weighted by atomic mass is 79.9. The zero-order valence-corrected chi connectivity index (χ0v) is 22.0. The summed E-state index contributed by atoms with van der Waals surface area (Å²) >= 11 is 0. The van der Waals surface area contributed by atoms with Crippen LogP contribution in [0.25, 0.3) is 0 Å². The Morgan fingerprint density at radius 2 is 1.44 bits per heavy atom. The van der Waals surface area contributed by atoms with Crippen LogP contribution in [0.1, 0.15) is 28.8 Å². The minimum Gasteiger partial charge on any atom is -1.00 e. The molecule has 5 nitrogen and oxygen atoms in total. The predicted molar refractivity (Wildman–Crippen MR) is 137 cm³/mol. The number of carbonyl (C=O) groups is 2. The molecule has 0 saturated carbocycles. The van der Waals surface area contributed by atoms with E-state index >= 15 is 0 Å². The molecule has 3 fully saturated rings. The molecular formula is C30H33BrN2O3. The minimum absolute atomic E-state index is 0. The number of piperidine rings is 3. The van der Waals surface area contributed by atoms with Gasteiger partial charge in [-0.3, -0.25) is 4.79 Å². The van der Waals surface area contributed by atoms with Gasteiger partial charge in [0, 0.05) is 36.4 Å². The number of rotatable bonds is 9. The number of hydrogen-bond acceptors (Lipinski definition) is 4. The number of esters is 1. The Kier molecular flexibility index (Phi) is 8.60. The van der Waals surface area contributed by atoms with Crippen molar-refractivity contribution in [3.05, 3.63) is 102 Å². The van der Waals surface area contributed by atoms with Crippen LogP contribution in [0, 0.1) is 5.92 Å². The van der Waals surface area contributed by atoms with Crippen molar-refractivity contribution >= 4 is 17.4 Å². The molecule has 0 spiro atoms. The fraction of sp³-hybridized carbons (Fsp3) is 0.333. The van der Waals surface area contributed by atoms with Crippen LogP contribution >= 0.6 is 0 Å². The number of halogens is 1. The van der Waals surface area contributed by atoms with E-state index in [2.05, 4.69) is 5.32 Å². The number of ketones is 1. The lowest BCUT2D eigenvalue weighted by atomic mass is 9.82. The van der Waals surface area contributed by atoms with Crippen LogP contribution in [0.2, 0.25) is 0 Å². The molecule has 0 aromatic heterocycles. The summed E-state index contributed by atoms with van der Waals surface area (Å²) in [6.45, 7) is 3.15.